The number of esters is 2. The van der Waals surface area contributed by atoms with Crippen molar-refractivity contribution in [1.82, 2.24) is 19.5 Å². The van der Waals surface area contributed by atoms with E-state index in [0.717, 1.165) is 12.8 Å². The highest BCUT2D eigenvalue weighted by atomic mass is 19.1. The Kier molecular flexibility index (Phi) is 14.0. The Bertz CT molecular complexity index is 1180. The van der Waals surface area contributed by atoms with Crippen molar-refractivity contribution in [1.29, 1.82) is 0 Å². The first-order chi connectivity index (χ1) is 20.4. The summed E-state index contributed by atoms with van der Waals surface area (Å²) in [4.78, 5) is 35.7. The summed E-state index contributed by atoms with van der Waals surface area (Å²) in [5, 5.41) is 0. The lowest BCUT2D eigenvalue weighted by Crippen LogP contribution is -2.34. The maximum atomic E-state index is 13.7. The Labute approximate surface area is 248 Å². The molecule has 0 unspecified atom stereocenters. The van der Waals surface area contributed by atoms with Crippen LogP contribution in [-0.2, 0) is 23.8 Å². The van der Waals surface area contributed by atoms with Gasteiger partial charge in [0.2, 0.25) is 0 Å². The van der Waals surface area contributed by atoms with Crippen molar-refractivity contribution in [3.8, 4) is 12.3 Å². The fourth-order valence-corrected chi connectivity index (χ4v) is 5.15. The minimum atomic E-state index is -1.14. The van der Waals surface area contributed by atoms with Crippen LogP contribution in [0.2, 0.25) is 0 Å². The average molecular weight is 588 g/mol. The standard InChI is InChI=1S/C31H46FN5O5/c1-3-5-6-7-8-9-10-11-12-13-14-15-21-40-25(38)17-16-18-26(39)41-22-31(4-2)20-19-24(42-31)37-23-34-27-28(33)35-30(32)36-29(27)37/h2,23-24H,3,5-22H2,1H3,(H2,33,35,36)/t24-,31+/m1/s1. The molecule has 3 heterocycles. The van der Waals surface area contributed by atoms with Gasteiger partial charge >= 0.3 is 18.0 Å². The van der Waals surface area contributed by atoms with Gasteiger partial charge in [0, 0.05) is 12.8 Å². The SMILES string of the molecule is C#C[C@@]1(COC(=O)CCCC(=O)OCCCCCCCCCCCCCC)CC[C@H](n2cnc3c(N)nc(F)nc32)O1. The van der Waals surface area contributed by atoms with E-state index < -0.39 is 23.9 Å². The number of halogens is 1. The minimum Gasteiger partial charge on any atom is -0.466 e. The number of rotatable bonds is 20. The van der Waals surface area contributed by atoms with Crippen LogP contribution in [0.3, 0.4) is 0 Å². The van der Waals surface area contributed by atoms with Gasteiger partial charge in [-0.1, -0.05) is 83.5 Å². The summed E-state index contributed by atoms with van der Waals surface area (Å²) < 4.78 is 32.0. The number of carbonyl (C=O) groups is 2. The summed E-state index contributed by atoms with van der Waals surface area (Å²) in [6.07, 6.45) is 22.1. The average Bonchev–Trinajstić information content (AvgIpc) is 3.59. The maximum Gasteiger partial charge on any atom is 0.312 e. The largest absolute Gasteiger partial charge is 0.466 e. The van der Waals surface area contributed by atoms with Crippen LogP contribution in [0, 0.1) is 18.4 Å². The van der Waals surface area contributed by atoms with Crippen molar-refractivity contribution in [3.05, 3.63) is 12.4 Å². The van der Waals surface area contributed by atoms with Gasteiger partial charge in [-0.25, -0.2) is 4.98 Å². The molecule has 10 nitrogen and oxygen atoms in total. The van der Waals surface area contributed by atoms with E-state index in [4.69, 9.17) is 26.4 Å². The van der Waals surface area contributed by atoms with E-state index in [2.05, 4.69) is 27.8 Å². The van der Waals surface area contributed by atoms with E-state index in [1.807, 2.05) is 0 Å². The number of fused-ring (bicyclic) bond motifs is 1. The predicted molar refractivity (Wildman–Crippen MR) is 157 cm³/mol. The van der Waals surface area contributed by atoms with Gasteiger partial charge in [0.15, 0.2) is 22.6 Å². The van der Waals surface area contributed by atoms with Crippen LogP contribution in [0.1, 0.15) is 122 Å². The molecule has 2 aromatic heterocycles. The third-order valence-corrected chi connectivity index (χ3v) is 7.64. The van der Waals surface area contributed by atoms with E-state index >= 15 is 0 Å². The van der Waals surface area contributed by atoms with Gasteiger partial charge in [0.1, 0.15) is 12.8 Å². The Balaban J connectivity index is 1.23. The number of hydrogen-bond donors (Lipinski definition) is 1. The highest BCUT2D eigenvalue weighted by molar-refractivity contribution is 5.81. The van der Waals surface area contributed by atoms with Crippen LogP contribution in [-0.4, -0.2) is 50.3 Å². The molecule has 2 atom stereocenters. The number of aromatic nitrogens is 4. The second-order valence-electron chi connectivity index (χ2n) is 11.1. The van der Waals surface area contributed by atoms with Crippen LogP contribution >= 0.6 is 0 Å². The Morgan fingerprint density at radius 1 is 1.02 bits per heavy atom. The zero-order valence-electron chi connectivity index (χ0n) is 25.0. The van der Waals surface area contributed by atoms with E-state index in [0.29, 0.717) is 25.9 Å². The van der Waals surface area contributed by atoms with Crippen molar-refractivity contribution in [2.24, 2.45) is 0 Å². The fraction of sp³-hybridized carbons (Fsp3) is 0.710. The molecule has 11 heteroatoms. The lowest BCUT2D eigenvalue weighted by molar-refractivity contribution is -0.152. The Hall–Kier alpha value is -3.26. The van der Waals surface area contributed by atoms with E-state index in [9.17, 15) is 14.0 Å². The lowest BCUT2D eigenvalue weighted by Gasteiger charge is -2.23. The fourth-order valence-electron chi connectivity index (χ4n) is 5.15. The molecule has 0 aromatic carbocycles. The molecule has 1 aliphatic heterocycles. The van der Waals surface area contributed by atoms with Crippen LogP contribution in [0.4, 0.5) is 10.2 Å². The van der Waals surface area contributed by atoms with Gasteiger partial charge in [0.05, 0.1) is 12.9 Å². The van der Waals surface area contributed by atoms with Gasteiger partial charge in [-0.15, -0.1) is 6.42 Å². The molecule has 0 saturated carbocycles. The molecule has 0 spiro atoms. The van der Waals surface area contributed by atoms with E-state index in [1.165, 1.54) is 70.5 Å². The quantitative estimate of drug-likeness (QED) is 0.0834. The number of carbonyl (C=O) groups excluding carboxylic acids is 2. The van der Waals surface area contributed by atoms with Gasteiger partial charge in [-0.3, -0.25) is 14.2 Å². The summed E-state index contributed by atoms with van der Waals surface area (Å²) in [6, 6.07) is 0. The summed E-state index contributed by atoms with van der Waals surface area (Å²) in [5.41, 5.74) is 5.05. The number of hydrogen-bond acceptors (Lipinski definition) is 9. The van der Waals surface area contributed by atoms with Gasteiger partial charge in [-0.2, -0.15) is 14.4 Å². The number of ether oxygens (including phenoxy) is 3. The summed E-state index contributed by atoms with van der Waals surface area (Å²) in [6.45, 7) is 2.52. The molecule has 1 aliphatic rings. The lowest BCUT2D eigenvalue weighted by atomic mass is 10.0. The van der Waals surface area contributed by atoms with Crippen LogP contribution < -0.4 is 5.73 Å². The van der Waals surface area contributed by atoms with Crippen LogP contribution in [0.25, 0.3) is 11.2 Å². The van der Waals surface area contributed by atoms with Crippen molar-refractivity contribution in [3.63, 3.8) is 0 Å². The molecule has 1 saturated heterocycles. The molecule has 2 N–H and O–H groups in total. The highest BCUT2D eigenvalue weighted by Crippen LogP contribution is 2.38. The van der Waals surface area contributed by atoms with Crippen molar-refractivity contribution in [2.45, 2.75) is 128 Å². The molecule has 2 aromatic rings. The molecule has 3 rings (SSSR count). The highest BCUT2D eigenvalue weighted by Gasteiger charge is 2.41. The van der Waals surface area contributed by atoms with E-state index in [1.54, 1.807) is 4.57 Å². The summed E-state index contributed by atoms with van der Waals surface area (Å²) >= 11 is 0. The van der Waals surface area contributed by atoms with Gasteiger partial charge < -0.3 is 19.9 Å². The number of nitrogen functional groups attached to an aromatic ring is 1. The Morgan fingerprint density at radius 3 is 2.29 bits per heavy atom. The molecule has 0 radical (unpaired) electrons. The molecule has 232 valence electrons. The minimum absolute atomic E-state index is 0.0689. The van der Waals surface area contributed by atoms with Gasteiger partial charge in [0.25, 0.3) is 0 Å². The number of nitrogens with zero attached hydrogens (tertiary/aromatic N) is 4. The molecule has 0 aliphatic carbocycles. The van der Waals surface area contributed by atoms with Crippen LogP contribution in [0.5, 0.6) is 0 Å². The number of nitrogens with two attached hydrogens (primary N) is 1. The summed E-state index contributed by atoms with van der Waals surface area (Å²) in [7, 11) is 0. The zero-order valence-corrected chi connectivity index (χ0v) is 25.0. The first-order valence-corrected chi connectivity index (χ1v) is 15.5. The normalized spacial score (nSPS) is 18.3. The first kappa shape index (κ1) is 33.2. The van der Waals surface area contributed by atoms with Gasteiger partial charge in [-0.05, 0) is 25.7 Å². The maximum absolute atomic E-state index is 13.7. The number of anilines is 1. The monoisotopic (exact) mass is 587 g/mol. The van der Waals surface area contributed by atoms with Crippen LogP contribution in [0.15, 0.2) is 6.33 Å². The smallest absolute Gasteiger partial charge is 0.312 e. The third-order valence-electron chi connectivity index (χ3n) is 7.64. The molecule has 42 heavy (non-hydrogen) atoms. The molecule has 0 bridgehead atoms. The summed E-state index contributed by atoms with van der Waals surface area (Å²) in [5.74, 6) is 1.74. The number of terminal acetylenes is 1. The number of imidazole rings is 1. The Morgan fingerprint density at radius 2 is 1.64 bits per heavy atom. The second kappa shape index (κ2) is 17.6. The third kappa shape index (κ3) is 10.5. The van der Waals surface area contributed by atoms with E-state index in [-0.39, 0.29) is 42.4 Å². The zero-order chi connectivity index (χ0) is 30.2. The second-order valence-corrected chi connectivity index (χ2v) is 11.1. The number of unbranched alkanes of at least 4 members (excludes halogenated alkanes) is 11. The van der Waals surface area contributed by atoms with Crippen molar-refractivity contribution in [2.75, 3.05) is 18.9 Å². The molecule has 1 fully saturated rings. The molecule has 0 amide bonds. The molecular weight excluding hydrogens is 541 g/mol. The first-order valence-electron chi connectivity index (χ1n) is 15.5. The van der Waals surface area contributed by atoms with Crippen molar-refractivity contribution >= 4 is 28.9 Å². The topological polar surface area (TPSA) is 131 Å². The molecular formula is C31H46FN5O5. The van der Waals surface area contributed by atoms with Crippen molar-refractivity contribution < 1.29 is 28.2 Å². The predicted octanol–water partition coefficient (Wildman–Crippen LogP) is 6.19.